The predicted molar refractivity (Wildman–Crippen MR) is 126 cm³/mol. The minimum Gasteiger partial charge on any atom is -0.319 e. The number of carbonyl (C=O) groups excluding carboxylic acids is 1. The topological polar surface area (TPSA) is 60.9 Å². The van der Waals surface area contributed by atoms with E-state index in [4.69, 9.17) is 0 Å². The van der Waals surface area contributed by atoms with Gasteiger partial charge in [0.15, 0.2) is 0 Å². The summed E-state index contributed by atoms with van der Waals surface area (Å²) in [6, 6.07) is 11.1. The van der Waals surface area contributed by atoms with E-state index in [0.29, 0.717) is 18.8 Å². The van der Waals surface area contributed by atoms with Gasteiger partial charge >= 0.3 is 6.03 Å². The van der Waals surface area contributed by atoms with Crippen molar-refractivity contribution in [3.8, 4) is 0 Å². The number of carbonyl (C=O) groups is 1. The first-order valence-electron chi connectivity index (χ1n) is 12.3. The second-order valence-electron chi connectivity index (χ2n) is 10.9. The largest absolute Gasteiger partial charge is 0.320 e. The molecule has 1 spiro atoms. The van der Waals surface area contributed by atoms with Crippen LogP contribution in [0, 0.1) is 5.92 Å². The summed E-state index contributed by atoms with van der Waals surface area (Å²) in [7, 11) is 1.43. The fourth-order valence-electron chi connectivity index (χ4n) is 6.43. The SMILES string of the molecule is CN(C)C1(c2ccccc2)CCC2(CC1)CN(C1CCS(=O)(=O)CC1)C(=O)N2CC1CC1. The van der Waals surface area contributed by atoms with Crippen LogP contribution in [0.15, 0.2) is 30.3 Å². The molecule has 2 heterocycles. The molecule has 6 nitrogen and oxygen atoms in total. The third-order valence-corrected chi connectivity index (χ3v) is 10.5. The van der Waals surface area contributed by atoms with E-state index in [2.05, 4.69) is 59.1 Å². The number of sulfone groups is 1. The Morgan fingerprint density at radius 2 is 1.59 bits per heavy atom. The average Bonchev–Trinajstić information content (AvgIpc) is 3.57. The van der Waals surface area contributed by atoms with Gasteiger partial charge in [-0.05, 0) is 76.9 Å². The van der Waals surface area contributed by atoms with Crippen LogP contribution in [0.3, 0.4) is 0 Å². The number of benzene rings is 1. The summed E-state index contributed by atoms with van der Waals surface area (Å²) in [5, 5.41) is 0. The summed E-state index contributed by atoms with van der Waals surface area (Å²) >= 11 is 0. The van der Waals surface area contributed by atoms with Crippen molar-refractivity contribution >= 4 is 15.9 Å². The van der Waals surface area contributed by atoms with Crippen LogP contribution in [-0.2, 0) is 15.4 Å². The van der Waals surface area contributed by atoms with Gasteiger partial charge in [0, 0.05) is 24.7 Å². The zero-order valence-electron chi connectivity index (χ0n) is 19.5. The first-order valence-corrected chi connectivity index (χ1v) is 14.1. The summed E-state index contributed by atoms with van der Waals surface area (Å²) < 4.78 is 23.9. The lowest BCUT2D eigenvalue weighted by Crippen LogP contribution is -2.55. The molecular weight excluding hydrogens is 422 g/mol. The summed E-state index contributed by atoms with van der Waals surface area (Å²) in [6.45, 7) is 1.64. The van der Waals surface area contributed by atoms with E-state index in [0.717, 1.165) is 38.8 Å². The van der Waals surface area contributed by atoms with E-state index in [1.165, 1.54) is 18.4 Å². The molecule has 2 amide bonds. The van der Waals surface area contributed by atoms with Crippen LogP contribution in [0.2, 0.25) is 0 Å². The molecule has 1 aromatic carbocycles. The molecule has 1 aromatic rings. The molecule has 32 heavy (non-hydrogen) atoms. The highest BCUT2D eigenvalue weighted by Crippen LogP contribution is 2.50. The van der Waals surface area contributed by atoms with E-state index < -0.39 is 9.84 Å². The molecule has 2 aliphatic heterocycles. The van der Waals surface area contributed by atoms with Crippen LogP contribution in [0.4, 0.5) is 4.79 Å². The van der Waals surface area contributed by atoms with Gasteiger partial charge in [-0.2, -0.15) is 0 Å². The monoisotopic (exact) mass is 459 g/mol. The molecule has 7 heteroatoms. The predicted octanol–water partition coefficient (Wildman–Crippen LogP) is 3.48. The maximum absolute atomic E-state index is 13.7. The summed E-state index contributed by atoms with van der Waals surface area (Å²) in [5.74, 6) is 1.08. The fraction of sp³-hybridized carbons (Fsp3) is 0.720. The van der Waals surface area contributed by atoms with Crippen LogP contribution in [-0.4, -0.2) is 79.4 Å². The van der Waals surface area contributed by atoms with Crippen LogP contribution in [0.5, 0.6) is 0 Å². The third kappa shape index (κ3) is 3.85. The fourth-order valence-corrected chi connectivity index (χ4v) is 7.90. The van der Waals surface area contributed by atoms with Crippen LogP contribution >= 0.6 is 0 Å². The molecule has 0 N–H and O–H groups in total. The number of urea groups is 1. The molecule has 4 aliphatic rings. The van der Waals surface area contributed by atoms with Crippen molar-refractivity contribution in [1.82, 2.24) is 14.7 Å². The minimum absolute atomic E-state index is 0.00709. The Labute approximate surface area is 192 Å². The van der Waals surface area contributed by atoms with Crippen molar-refractivity contribution in [2.24, 2.45) is 5.92 Å². The Balaban J connectivity index is 1.39. The van der Waals surface area contributed by atoms with Gasteiger partial charge in [0.05, 0.1) is 17.0 Å². The van der Waals surface area contributed by atoms with Gasteiger partial charge in [-0.3, -0.25) is 4.90 Å². The lowest BCUT2D eigenvalue weighted by molar-refractivity contribution is 0.0227. The van der Waals surface area contributed by atoms with E-state index >= 15 is 0 Å². The second kappa shape index (κ2) is 8.01. The van der Waals surface area contributed by atoms with Gasteiger partial charge < -0.3 is 9.80 Å². The molecule has 0 atom stereocenters. The Morgan fingerprint density at radius 3 is 2.16 bits per heavy atom. The van der Waals surface area contributed by atoms with Crippen LogP contribution in [0.1, 0.15) is 56.9 Å². The van der Waals surface area contributed by atoms with E-state index in [9.17, 15) is 13.2 Å². The van der Waals surface area contributed by atoms with Gasteiger partial charge in [0.25, 0.3) is 0 Å². The van der Waals surface area contributed by atoms with Crippen molar-refractivity contribution in [1.29, 1.82) is 0 Å². The number of amides is 2. The van der Waals surface area contributed by atoms with Crippen molar-refractivity contribution < 1.29 is 13.2 Å². The highest BCUT2D eigenvalue weighted by atomic mass is 32.2. The minimum atomic E-state index is -2.93. The second-order valence-corrected chi connectivity index (χ2v) is 13.2. The summed E-state index contributed by atoms with van der Waals surface area (Å²) in [4.78, 5) is 20.3. The molecule has 2 saturated heterocycles. The molecule has 0 bridgehead atoms. The van der Waals surface area contributed by atoms with Gasteiger partial charge in [-0.15, -0.1) is 0 Å². The Bertz CT molecular complexity index is 936. The average molecular weight is 460 g/mol. The quantitative estimate of drug-likeness (QED) is 0.676. The molecule has 2 aliphatic carbocycles. The first-order chi connectivity index (χ1) is 15.2. The molecule has 5 rings (SSSR count). The summed E-state index contributed by atoms with van der Waals surface area (Å²) in [5.41, 5.74) is 1.27. The van der Waals surface area contributed by atoms with Crippen molar-refractivity contribution in [2.45, 2.75) is 68.5 Å². The molecule has 2 saturated carbocycles. The normalized spacial score (nSPS) is 30.4. The Hall–Kier alpha value is -1.60. The zero-order valence-corrected chi connectivity index (χ0v) is 20.3. The van der Waals surface area contributed by atoms with E-state index in [1.54, 1.807) is 0 Å². The standard InChI is InChI=1S/C25H37N3O3S/c1-26(2)25(21-6-4-3-5-7-21)14-12-24(13-15-25)19-27(22-10-16-32(30,31)17-11-22)23(29)28(24)18-20-8-9-20/h3-7,20,22H,8-19H2,1-2H3. The van der Waals surface area contributed by atoms with Crippen LogP contribution in [0.25, 0.3) is 0 Å². The number of nitrogens with zero attached hydrogens (tertiary/aromatic N) is 3. The highest BCUT2D eigenvalue weighted by Gasteiger charge is 2.56. The van der Waals surface area contributed by atoms with E-state index in [1.807, 2.05) is 0 Å². The maximum atomic E-state index is 13.7. The highest BCUT2D eigenvalue weighted by molar-refractivity contribution is 7.91. The Morgan fingerprint density at radius 1 is 0.969 bits per heavy atom. The number of hydrogen-bond donors (Lipinski definition) is 0. The van der Waals surface area contributed by atoms with Crippen molar-refractivity contribution in [2.75, 3.05) is 38.7 Å². The van der Waals surface area contributed by atoms with Crippen molar-refractivity contribution in [3.05, 3.63) is 35.9 Å². The van der Waals surface area contributed by atoms with Crippen molar-refractivity contribution in [3.63, 3.8) is 0 Å². The van der Waals surface area contributed by atoms with Gasteiger partial charge in [-0.1, -0.05) is 30.3 Å². The smallest absolute Gasteiger partial charge is 0.319 e. The molecule has 0 aromatic heterocycles. The van der Waals surface area contributed by atoms with Crippen LogP contribution < -0.4 is 0 Å². The third-order valence-electron chi connectivity index (χ3n) is 8.79. The van der Waals surface area contributed by atoms with Gasteiger partial charge in [-0.25, -0.2) is 13.2 Å². The lowest BCUT2D eigenvalue weighted by Gasteiger charge is -2.51. The van der Waals surface area contributed by atoms with Gasteiger partial charge in [0.1, 0.15) is 9.84 Å². The number of hydrogen-bond acceptors (Lipinski definition) is 4. The van der Waals surface area contributed by atoms with E-state index in [-0.39, 0.29) is 34.7 Å². The first kappa shape index (κ1) is 22.2. The number of rotatable bonds is 5. The maximum Gasteiger partial charge on any atom is 0.320 e. The lowest BCUT2D eigenvalue weighted by atomic mass is 9.68. The molecule has 4 fully saturated rings. The Kier molecular flexibility index (Phi) is 5.56. The van der Waals surface area contributed by atoms with Gasteiger partial charge in [0.2, 0.25) is 0 Å². The molecule has 176 valence electrons. The molecular formula is C25H37N3O3S. The zero-order chi connectivity index (χ0) is 22.6. The summed E-state index contributed by atoms with van der Waals surface area (Å²) in [6.07, 6.45) is 7.71. The molecule has 0 radical (unpaired) electrons. The molecule has 0 unspecified atom stereocenters.